The number of nitrogens with zero attached hydrogens (tertiary/aromatic N) is 3. The van der Waals surface area contributed by atoms with Gasteiger partial charge in [-0.3, -0.25) is 0 Å². The van der Waals surface area contributed by atoms with Crippen molar-refractivity contribution in [1.29, 1.82) is 0 Å². The Morgan fingerprint density at radius 1 is 0.947 bits per heavy atom. The van der Waals surface area contributed by atoms with Crippen molar-refractivity contribution in [3.63, 3.8) is 0 Å². The number of hydrogen-bond donors (Lipinski definition) is 4. The molecule has 8 nitrogen and oxygen atoms in total. The molecule has 0 atom stereocenters. The average molecular weight is 259 g/mol. The van der Waals surface area contributed by atoms with E-state index >= 15 is 0 Å². The van der Waals surface area contributed by atoms with Gasteiger partial charge < -0.3 is 22.0 Å². The highest BCUT2D eigenvalue weighted by Gasteiger charge is 2.18. The van der Waals surface area contributed by atoms with Gasteiger partial charge in [0.1, 0.15) is 19.0 Å². The summed E-state index contributed by atoms with van der Waals surface area (Å²) in [4.78, 5) is 15.8. The van der Waals surface area contributed by atoms with Crippen LogP contribution in [0.1, 0.15) is 5.56 Å². The Kier molecular flexibility index (Phi) is 3.62. The van der Waals surface area contributed by atoms with Gasteiger partial charge in [0.15, 0.2) is 11.6 Å². The van der Waals surface area contributed by atoms with Crippen LogP contribution in [0.5, 0.6) is 5.75 Å². The highest BCUT2D eigenvalue weighted by molar-refractivity contribution is 5.79. The van der Waals surface area contributed by atoms with Crippen LogP contribution in [0.25, 0.3) is 5.70 Å². The molecule has 0 aliphatic carbocycles. The maximum absolute atomic E-state index is 5.72. The second-order valence-electron chi connectivity index (χ2n) is 3.55. The van der Waals surface area contributed by atoms with E-state index in [9.17, 15) is 0 Å². The van der Waals surface area contributed by atoms with Crippen molar-refractivity contribution in [1.82, 2.24) is 20.4 Å². The minimum atomic E-state index is 0.283. The first-order chi connectivity index (χ1) is 9.20. The topological polar surface area (TPSA) is 138 Å². The number of hydroxylamine groups is 1. The molecule has 7 N–H and O–H groups in total. The van der Waals surface area contributed by atoms with E-state index in [-0.39, 0.29) is 5.82 Å². The van der Waals surface area contributed by atoms with Crippen molar-refractivity contribution in [2.45, 2.75) is 0 Å². The summed E-state index contributed by atoms with van der Waals surface area (Å²) in [5.74, 6) is 0.872. The SMILES string of the molecule is NC1=C(N)c2c(N)cccc2ON1.c1ncncn1. The quantitative estimate of drug-likeness (QED) is 0.468. The van der Waals surface area contributed by atoms with Crippen LogP contribution < -0.4 is 27.5 Å². The van der Waals surface area contributed by atoms with E-state index in [4.69, 9.17) is 22.0 Å². The van der Waals surface area contributed by atoms with Gasteiger partial charge >= 0.3 is 0 Å². The molecule has 2 heterocycles. The third-order valence-corrected chi connectivity index (χ3v) is 2.29. The van der Waals surface area contributed by atoms with Gasteiger partial charge in [-0.15, -0.1) is 0 Å². The minimum Gasteiger partial charge on any atom is -0.398 e. The summed E-state index contributed by atoms with van der Waals surface area (Å²) in [6, 6.07) is 5.29. The lowest BCUT2D eigenvalue weighted by Crippen LogP contribution is -2.31. The van der Waals surface area contributed by atoms with Gasteiger partial charge in [0.05, 0.1) is 11.3 Å². The van der Waals surface area contributed by atoms with Crippen LogP contribution in [-0.4, -0.2) is 15.0 Å². The van der Waals surface area contributed by atoms with Gasteiger partial charge in [0.2, 0.25) is 0 Å². The number of fused-ring (bicyclic) bond motifs is 1. The largest absolute Gasteiger partial charge is 0.398 e. The van der Waals surface area contributed by atoms with E-state index in [1.165, 1.54) is 19.0 Å². The predicted octanol–water partition coefficient (Wildman–Crippen LogP) is -0.419. The Balaban J connectivity index is 0.000000186. The van der Waals surface area contributed by atoms with Gasteiger partial charge in [-0.1, -0.05) is 6.07 Å². The number of nitrogens with two attached hydrogens (primary N) is 3. The first kappa shape index (κ1) is 12.4. The summed E-state index contributed by atoms with van der Waals surface area (Å²) in [6.07, 6.45) is 4.31. The predicted molar refractivity (Wildman–Crippen MR) is 69.7 cm³/mol. The molecule has 0 fully saturated rings. The summed E-state index contributed by atoms with van der Waals surface area (Å²) < 4.78 is 0. The number of aromatic nitrogens is 3. The Morgan fingerprint density at radius 3 is 2.16 bits per heavy atom. The van der Waals surface area contributed by atoms with Gasteiger partial charge in [-0.25, -0.2) is 20.4 Å². The minimum absolute atomic E-state index is 0.283. The maximum Gasteiger partial charge on any atom is 0.166 e. The fourth-order valence-corrected chi connectivity index (χ4v) is 1.43. The lowest BCUT2D eigenvalue weighted by molar-refractivity contribution is 0.222. The van der Waals surface area contributed by atoms with Crippen LogP contribution in [0.3, 0.4) is 0 Å². The number of anilines is 1. The average Bonchev–Trinajstić information content (AvgIpc) is 2.46. The highest BCUT2D eigenvalue weighted by Crippen LogP contribution is 2.31. The number of benzene rings is 1. The van der Waals surface area contributed by atoms with E-state index in [2.05, 4.69) is 20.4 Å². The standard InChI is InChI=1S/C8H10N4O.C3H3N3/c9-4-2-1-3-5-6(4)7(10)8(11)12-13-5;1-4-2-6-3-5-1/h1-3,12H,9-11H2;1-3H. The Labute approximate surface area is 109 Å². The Morgan fingerprint density at radius 2 is 1.58 bits per heavy atom. The summed E-state index contributed by atoms with van der Waals surface area (Å²) in [5, 5.41) is 0. The summed E-state index contributed by atoms with van der Waals surface area (Å²) in [5.41, 5.74) is 21.1. The van der Waals surface area contributed by atoms with Crippen molar-refractivity contribution in [3.8, 4) is 5.75 Å². The van der Waals surface area contributed by atoms with E-state index in [0.717, 1.165) is 0 Å². The highest BCUT2D eigenvalue weighted by atomic mass is 16.6. The van der Waals surface area contributed by atoms with Crippen LogP contribution in [0.15, 0.2) is 43.0 Å². The molecule has 1 aliphatic rings. The number of hydrogen-bond acceptors (Lipinski definition) is 8. The lowest BCUT2D eigenvalue weighted by atomic mass is 10.1. The van der Waals surface area contributed by atoms with E-state index in [1.54, 1.807) is 18.2 Å². The number of nitrogen functional groups attached to an aromatic ring is 1. The van der Waals surface area contributed by atoms with Crippen molar-refractivity contribution < 1.29 is 4.84 Å². The zero-order valence-corrected chi connectivity index (χ0v) is 9.95. The second-order valence-corrected chi connectivity index (χ2v) is 3.55. The zero-order valence-electron chi connectivity index (χ0n) is 9.95. The lowest BCUT2D eigenvalue weighted by Gasteiger charge is -2.20. The van der Waals surface area contributed by atoms with Crippen LogP contribution in [0.4, 0.5) is 5.69 Å². The van der Waals surface area contributed by atoms with Gasteiger partial charge in [-0.2, -0.15) is 0 Å². The summed E-state index contributed by atoms with van der Waals surface area (Å²) in [7, 11) is 0. The third-order valence-electron chi connectivity index (χ3n) is 2.29. The van der Waals surface area contributed by atoms with Gasteiger partial charge in [-0.05, 0) is 12.1 Å². The van der Waals surface area contributed by atoms with Gasteiger partial charge in [0.25, 0.3) is 0 Å². The van der Waals surface area contributed by atoms with Crippen LogP contribution in [-0.2, 0) is 0 Å². The van der Waals surface area contributed by atoms with Gasteiger partial charge in [0, 0.05) is 5.69 Å². The smallest absolute Gasteiger partial charge is 0.166 e. The summed E-state index contributed by atoms with van der Waals surface area (Å²) in [6.45, 7) is 0. The number of nitrogens with one attached hydrogen (secondary N) is 1. The molecule has 3 rings (SSSR count). The molecule has 0 saturated heterocycles. The normalized spacial score (nSPS) is 12.4. The first-order valence-electron chi connectivity index (χ1n) is 5.32. The fraction of sp³-hybridized carbons (Fsp3) is 0. The molecule has 0 radical (unpaired) electrons. The maximum atomic E-state index is 5.72. The van der Waals surface area contributed by atoms with Crippen molar-refractivity contribution in [2.24, 2.45) is 11.5 Å². The first-order valence-corrected chi connectivity index (χ1v) is 5.32. The molecule has 0 bridgehead atoms. The molecule has 1 aromatic heterocycles. The fourth-order valence-electron chi connectivity index (χ4n) is 1.43. The van der Waals surface area contributed by atoms with Crippen molar-refractivity contribution >= 4 is 11.4 Å². The van der Waals surface area contributed by atoms with E-state index < -0.39 is 0 Å². The van der Waals surface area contributed by atoms with Crippen LogP contribution in [0.2, 0.25) is 0 Å². The molecule has 8 heteroatoms. The van der Waals surface area contributed by atoms with Crippen molar-refractivity contribution in [2.75, 3.05) is 5.73 Å². The summed E-state index contributed by atoms with van der Waals surface area (Å²) >= 11 is 0. The van der Waals surface area contributed by atoms with E-state index in [0.29, 0.717) is 22.7 Å². The van der Waals surface area contributed by atoms with Crippen molar-refractivity contribution in [3.05, 3.63) is 48.6 Å². The molecular weight excluding hydrogens is 246 g/mol. The molecule has 0 spiro atoms. The molecule has 98 valence electrons. The third kappa shape index (κ3) is 2.80. The monoisotopic (exact) mass is 259 g/mol. The Bertz CT molecular complexity index is 558. The van der Waals surface area contributed by atoms with E-state index in [1.807, 2.05) is 0 Å². The number of rotatable bonds is 0. The zero-order chi connectivity index (χ0) is 13.7. The second kappa shape index (κ2) is 5.54. The molecule has 1 aromatic carbocycles. The van der Waals surface area contributed by atoms with Crippen LogP contribution in [0, 0.1) is 0 Å². The van der Waals surface area contributed by atoms with Crippen LogP contribution >= 0.6 is 0 Å². The molecule has 0 saturated carbocycles. The molecule has 0 amide bonds. The molecule has 19 heavy (non-hydrogen) atoms. The molecule has 2 aromatic rings. The molecular formula is C11H13N7O. The molecule has 1 aliphatic heterocycles. The molecule has 0 unspecified atom stereocenters. The Hall–Kier alpha value is -3.03.